The van der Waals surface area contributed by atoms with Crippen molar-refractivity contribution in [1.82, 2.24) is 10.2 Å². The number of hydrogen-bond acceptors (Lipinski definition) is 4. The van der Waals surface area contributed by atoms with Gasteiger partial charge in [-0.2, -0.15) is 0 Å². The molecule has 2 aromatic carbocycles. The van der Waals surface area contributed by atoms with Crippen LogP contribution in [0, 0.1) is 0 Å². The van der Waals surface area contributed by atoms with E-state index in [9.17, 15) is 4.79 Å². The summed E-state index contributed by atoms with van der Waals surface area (Å²) in [6.45, 7) is 0.717. The van der Waals surface area contributed by atoms with Gasteiger partial charge in [0, 0.05) is 11.6 Å². The Morgan fingerprint density at radius 2 is 1.62 bits per heavy atom. The molecule has 1 heterocycles. The molecule has 6 heteroatoms. The minimum atomic E-state index is -0.118. The van der Waals surface area contributed by atoms with E-state index in [1.54, 1.807) is 12.1 Å². The van der Waals surface area contributed by atoms with Gasteiger partial charge in [-0.05, 0) is 41.8 Å². The second-order valence-electron chi connectivity index (χ2n) is 5.82. The lowest BCUT2D eigenvalue weighted by atomic mass is 10.1. The minimum Gasteiger partial charge on any atom is -0.368 e. The molecule has 132 valence electrons. The van der Waals surface area contributed by atoms with Crippen molar-refractivity contribution < 1.29 is 4.79 Å². The summed E-state index contributed by atoms with van der Waals surface area (Å²) in [7, 11) is 0. The van der Waals surface area contributed by atoms with Gasteiger partial charge < -0.3 is 10.6 Å². The Labute approximate surface area is 157 Å². The Morgan fingerprint density at radius 1 is 0.885 bits per heavy atom. The fourth-order valence-electron chi connectivity index (χ4n) is 2.49. The van der Waals surface area contributed by atoms with Crippen molar-refractivity contribution in [3.63, 3.8) is 0 Å². The van der Waals surface area contributed by atoms with E-state index < -0.39 is 0 Å². The highest BCUT2D eigenvalue weighted by Gasteiger charge is 2.05. The molecule has 0 saturated heterocycles. The zero-order chi connectivity index (χ0) is 18.2. The third kappa shape index (κ3) is 5.57. The van der Waals surface area contributed by atoms with E-state index in [-0.39, 0.29) is 5.91 Å². The Morgan fingerprint density at radius 3 is 2.35 bits per heavy atom. The van der Waals surface area contributed by atoms with Gasteiger partial charge in [0.2, 0.25) is 5.91 Å². The smallest absolute Gasteiger partial charge is 0.229 e. The van der Waals surface area contributed by atoms with Gasteiger partial charge in [0.05, 0.1) is 6.42 Å². The van der Waals surface area contributed by atoms with Gasteiger partial charge in [0.25, 0.3) is 0 Å². The number of nitrogens with zero attached hydrogens (tertiary/aromatic N) is 2. The maximum atomic E-state index is 12.0. The molecule has 0 atom stereocenters. The van der Waals surface area contributed by atoms with Crippen molar-refractivity contribution in [2.24, 2.45) is 0 Å². The molecule has 0 bridgehead atoms. The van der Waals surface area contributed by atoms with Crippen LogP contribution in [-0.4, -0.2) is 22.6 Å². The molecular formula is C20H19ClN4O. The summed E-state index contributed by atoms with van der Waals surface area (Å²) in [4.78, 5) is 12.0. The van der Waals surface area contributed by atoms with E-state index in [2.05, 4.69) is 20.8 Å². The maximum absolute atomic E-state index is 12.0. The van der Waals surface area contributed by atoms with E-state index in [1.807, 2.05) is 54.6 Å². The number of hydrogen-bond donors (Lipinski definition) is 2. The zero-order valence-corrected chi connectivity index (χ0v) is 14.9. The van der Waals surface area contributed by atoms with Crippen LogP contribution in [0.25, 0.3) is 0 Å². The van der Waals surface area contributed by atoms with Crippen LogP contribution in [0.4, 0.5) is 11.6 Å². The number of rotatable bonds is 7. The summed E-state index contributed by atoms with van der Waals surface area (Å²) < 4.78 is 0. The van der Waals surface area contributed by atoms with Gasteiger partial charge in [0.15, 0.2) is 5.82 Å². The number of nitrogens with one attached hydrogen (secondary N) is 2. The van der Waals surface area contributed by atoms with Crippen molar-refractivity contribution in [2.75, 3.05) is 17.2 Å². The van der Waals surface area contributed by atoms with E-state index in [4.69, 9.17) is 11.6 Å². The lowest BCUT2D eigenvalue weighted by Crippen LogP contribution is -2.16. The Bertz CT molecular complexity index is 853. The van der Waals surface area contributed by atoms with Crippen LogP contribution in [0.3, 0.4) is 0 Å². The Kier molecular flexibility index (Phi) is 6.17. The van der Waals surface area contributed by atoms with Gasteiger partial charge in [-0.1, -0.05) is 54.1 Å². The first kappa shape index (κ1) is 17.9. The monoisotopic (exact) mass is 366 g/mol. The molecule has 0 spiro atoms. The highest BCUT2D eigenvalue weighted by Crippen LogP contribution is 2.12. The molecular weight excluding hydrogens is 348 g/mol. The van der Waals surface area contributed by atoms with Crippen LogP contribution in [-0.2, 0) is 17.6 Å². The van der Waals surface area contributed by atoms with Crippen molar-refractivity contribution >= 4 is 29.1 Å². The second-order valence-corrected chi connectivity index (χ2v) is 6.26. The van der Waals surface area contributed by atoms with Crippen molar-refractivity contribution in [2.45, 2.75) is 12.8 Å². The van der Waals surface area contributed by atoms with Crippen molar-refractivity contribution in [1.29, 1.82) is 0 Å². The molecule has 3 rings (SSSR count). The molecule has 5 nitrogen and oxygen atoms in total. The number of anilines is 2. The zero-order valence-electron chi connectivity index (χ0n) is 14.2. The van der Waals surface area contributed by atoms with Crippen LogP contribution >= 0.6 is 11.6 Å². The van der Waals surface area contributed by atoms with E-state index in [0.717, 1.165) is 22.6 Å². The summed E-state index contributed by atoms with van der Waals surface area (Å²) in [5.41, 5.74) is 2.11. The van der Waals surface area contributed by atoms with Crippen LogP contribution in [0.5, 0.6) is 0 Å². The van der Waals surface area contributed by atoms with Crippen LogP contribution in [0.1, 0.15) is 11.1 Å². The van der Waals surface area contributed by atoms with Crippen LogP contribution < -0.4 is 10.6 Å². The highest BCUT2D eigenvalue weighted by molar-refractivity contribution is 6.30. The van der Waals surface area contributed by atoms with Crippen LogP contribution in [0.15, 0.2) is 66.7 Å². The molecule has 0 aliphatic rings. The first-order valence-electron chi connectivity index (χ1n) is 8.35. The summed E-state index contributed by atoms with van der Waals surface area (Å²) >= 11 is 5.97. The number of aromatic nitrogens is 2. The van der Waals surface area contributed by atoms with Crippen molar-refractivity contribution in [3.8, 4) is 0 Å². The molecule has 1 aromatic heterocycles. The first-order valence-corrected chi connectivity index (χ1v) is 8.73. The molecule has 0 saturated carbocycles. The molecule has 0 radical (unpaired) electrons. The standard InChI is InChI=1S/C20H19ClN4O/c21-17-8-4-7-16(13-17)11-12-22-18-9-10-19(25-24-18)23-20(26)14-15-5-2-1-3-6-15/h1-10,13H,11-12,14H2,(H,22,24)(H,23,25,26). The van der Waals surface area contributed by atoms with Gasteiger partial charge in [-0.3, -0.25) is 4.79 Å². The quantitative estimate of drug-likeness (QED) is 0.664. The van der Waals surface area contributed by atoms with Crippen molar-refractivity contribution in [3.05, 3.63) is 82.9 Å². The SMILES string of the molecule is O=C(Cc1ccccc1)Nc1ccc(NCCc2cccc(Cl)c2)nn1. The molecule has 0 unspecified atom stereocenters. The lowest BCUT2D eigenvalue weighted by Gasteiger charge is -2.07. The molecule has 0 fully saturated rings. The summed E-state index contributed by atoms with van der Waals surface area (Å²) in [6.07, 6.45) is 1.14. The van der Waals surface area contributed by atoms with Gasteiger partial charge in [-0.25, -0.2) is 0 Å². The average Bonchev–Trinajstić information content (AvgIpc) is 2.64. The fourth-order valence-corrected chi connectivity index (χ4v) is 2.70. The highest BCUT2D eigenvalue weighted by atomic mass is 35.5. The maximum Gasteiger partial charge on any atom is 0.229 e. The van der Waals surface area contributed by atoms with Gasteiger partial charge in [-0.15, -0.1) is 10.2 Å². The predicted molar refractivity (Wildman–Crippen MR) is 104 cm³/mol. The fraction of sp³-hybridized carbons (Fsp3) is 0.150. The summed E-state index contributed by atoms with van der Waals surface area (Å²) in [6, 6.07) is 20.9. The first-order chi connectivity index (χ1) is 12.7. The Hall–Kier alpha value is -2.92. The number of amides is 1. The normalized spacial score (nSPS) is 10.3. The number of carbonyl (C=O) groups is 1. The molecule has 0 aliphatic carbocycles. The number of carbonyl (C=O) groups excluding carboxylic acids is 1. The topological polar surface area (TPSA) is 66.9 Å². The third-order valence-electron chi connectivity index (χ3n) is 3.75. The summed E-state index contributed by atoms with van der Waals surface area (Å²) in [5.74, 6) is 0.978. The second kappa shape index (κ2) is 8.97. The van der Waals surface area contributed by atoms with Gasteiger partial charge in [0.1, 0.15) is 5.82 Å². The van der Waals surface area contributed by atoms with E-state index in [1.165, 1.54) is 0 Å². The van der Waals surface area contributed by atoms with E-state index in [0.29, 0.717) is 24.6 Å². The molecule has 0 aliphatic heterocycles. The third-order valence-corrected chi connectivity index (χ3v) is 3.98. The molecule has 26 heavy (non-hydrogen) atoms. The minimum absolute atomic E-state index is 0.118. The molecule has 2 N–H and O–H groups in total. The lowest BCUT2D eigenvalue weighted by molar-refractivity contribution is -0.115. The predicted octanol–water partition coefficient (Wildman–Crippen LogP) is 3.97. The molecule has 3 aromatic rings. The number of halogens is 1. The average molecular weight is 367 g/mol. The summed E-state index contributed by atoms with van der Waals surface area (Å²) in [5, 5.41) is 14.8. The number of benzene rings is 2. The molecule has 1 amide bonds. The van der Waals surface area contributed by atoms with Crippen LogP contribution in [0.2, 0.25) is 5.02 Å². The largest absolute Gasteiger partial charge is 0.368 e. The van der Waals surface area contributed by atoms with E-state index >= 15 is 0 Å². The Balaban J connectivity index is 1.46. The van der Waals surface area contributed by atoms with Gasteiger partial charge >= 0.3 is 0 Å².